The summed E-state index contributed by atoms with van der Waals surface area (Å²) in [6.45, 7) is 4.55. The molecule has 0 aromatic heterocycles. The van der Waals surface area contributed by atoms with Crippen molar-refractivity contribution >= 4 is 0 Å². The minimum absolute atomic E-state index is 0.452. The van der Waals surface area contributed by atoms with Gasteiger partial charge in [-0.15, -0.1) is 0 Å². The van der Waals surface area contributed by atoms with Crippen molar-refractivity contribution in [2.45, 2.75) is 155 Å². The first kappa shape index (κ1) is 28.4. The van der Waals surface area contributed by atoms with E-state index < -0.39 is 0 Å². The summed E-state index contributed by atoms with van der Waals surface area (Å²) < 4.78 is 0. The van der Waals surface area contributed by atoms with Gasteiger partial charge in [-0.05, 0) is 44.9 Å². The van der Waals surface area contributed by atoms with Crippen molar-refractivity contribution in [1.82, 2.24) is 0 Å². The molecular formula is C28H55N. The fourth-order valence-corrected chi connectivity index (χ4v) is 3.90. The Bertz CT molecular complexity index is 344. The van der Waals surface area contributed by atoms with Crippen LogP contribution in [-0.2, 0) is 0 Å². The summed E-state index contributed by atoms with van der Waals surface area (Å²) in [4.78, 5) is 0. The molecule has 172 valence electrons. The summed E-state index contributed by atoms with van der Waals surface area (Å²) >= 11 is 0. The molecule has 1 nitrogen and oxygen atoms in total. The molecule has 0 saturated heterocycles. The van der Waals surface area contributed by atoms with Gasteiger partial charge in [-0.3, -0.25) is 0 Å². The lowest BCUT2D eigenvalue weighted by Crippen LogP contribution is -2.19. The minimum Gasteiger partial charge on any atom is -0.328 e. The van der Waals surface area contributed by atoms with Crippen LogP contribution in [-0.4, -0.2) is 6.04 Å². The number of allylic oxidation sites excluding steroid dienone is 4. The topological polar surface area (TPSA) is 26.0 Å². The lowest BCUT2D eigenvalue weighted by atomic mass is 10.0. The summed E-state index contributed by atoms with van der Waals surface area (Å²) in [6.07, 6.45) is 37.5. The number of hydrogen-bond donors (Lipinski definition) is 1. The molecule has 0 rings (SSSR count). The van der Waals surface area contributed by atoms with Crippen LogP contribution in [0.3, 0.4) is 0 Å². The second-order valence-corrected chi connectivity index (χ2v) is 9.04. The van der Waals surface area contributed by atoms with Gasteiger partial charge in [0.05, 0.1) is 0 Å². The van der Waals surface area contributed by atoms with E-state index in [1.54, 1.807) is 0 Å². The van der Waals surface area contributed by atoms with Gasteiger partial charge in [-0.25, -0.2) is 0 Å². The van der Waals surface area contributed by atoms with Gasteiger partial charge in [0.15, 0.2) is 0 Å². The van der Waals surface area contributed by atoms with Crippen LogP contribution in [0.1, 0.15) is 149 Å². The maximum atomic E-state index is 6.29. The summed E-state index contributed by atoms with van der Waals surface area (Å²) in [7, 11) is 0. The molecule has 1 atom stereocenters. The van der Waals surface area contributed by atoms with Crippen LogP contribution in [0.4, 0.5) is 0 Å². The lowest BCUT2D eigenvalue weighted by Gasteiger charge is -2.11. The maximum absolute atomic E-state index is 6.29. The SMILES string of the molecule is CCCCCC=CCC=CCCCCCCCC(N)CCCCCCCCCC. The molecule has 1 heteroatoms. The van der Waals surface area contributed by atoms with E-state index >= 15 is 0 Å². The van der Waals surface area contributed by atoms with E-state index in [4.69, 9.17) is 5.73 Å². The monoisotopic (exact) mass is 405 g/mol. The van der Waals surface area contributed by atoms with Crippen molar-refractivity contribution in [3.63, 3.8) is 0 Å². The standard InChI is InChI=1S/C28H55N/c1-3-5-7-9-11-13-14-15-16-17-18-19-21-23-25-27-28(29)26-24-22-20-12-10-8-6-4-2/h11,13,15-16,28H,3-10,12,14,17-27,29H2,1-2H3. The molecule has 0 fully saturated rings. The molecule has 0 aromatic carbocycles. The Labute approximate surface area is 185 Å². The van der Waals surface area contributed by atoms with Crippen LogP contribution in [0.5, 0.6) is 0 Å². The molecule has 0 bridgehead atoms. The Hall–Kier alpha value is -0.560. The fourth-order valence-electron chi connectivity index (χ4n) is 3.90. The van der Waals surface area contributed by atoms with Gasteiger partial charge in [0, 0.05) is 6.04 Å². The quantitative estimate of drug-likeness (QED) is 0.133. The summed E-state index contributed by atoms with van der Waals surface area (Å²) in [5, 5.41) is 0. The van der Waals surface area contributed by atoms with Crippen LogP contribution in [0, 0.1) is 0 Å². The van der Waals surface area contributed by atoms with Crippen LogP contribution in [0.25, 0.3) is 0 Å². The Morgan fingerprint density at radius 3 is 1.38 bits per heavy atom. The number of unbranched alkanes of at least 4 members (excludes halogenated alkanes) is 15. The molecule has 29 heavy (non-hydrogen) atoms. The Morgan fingerprint density at radius 1 is 0.483 bits per heavy atom. The maximum Gasteiger partial charge on any atom is 0.00388 e. The average Bonchev–Trinajstić information content (AvgIpc) is 2.72. The molecule has 0 aromatic rings. The largest absolute Gasteiger partial charge is 0.328 e. The Morgan fingerprint density at radius 2 is 0.862 bits per heavy atom. The molecule has 0 aliphatic rings. The van der Waals surface area contributed by atoms with Crippen molar-refractivity contribution in [2.75, 3.05) is 0 Å². The van der Waals surface area contributed by atoms with Crippen molar-refractivity contribution < 1.29 is 0 Å². The van der Waals surface area contributed by atoms with Gasteiger partial charge in [0.25, 0.3) is 0 Å². The predicted octanol–water partition coefficient (Wildman–Crippen LogP) is 9.66. The Balaban J connectivity index is 3.24. The molecule has 0 saturated carbocycles. The molecule has 0 aliphatic carbocycles. The normalized spacial score (nSPS) is 13.1. The highest BCUT2D eigenvalue weighted by Crippen LogP contribution is 2.14. The molecule has 0 spiro atoms. The zero-order chi connectivity index (χ0) is 21.3. The second-order valence-electron chi connectivity index (χ2n) is 9.04. The number of hydrogen-bond acceptors (Lipinski definition) is 1. The van der Waals surface area contributed by atoms with Crippen molar-refractivity contribution in [3.05, 3.63) is 24.3 Å². The first-order valence-electron chi connectivity index (χ1n) is 13.4. The van der Waals surface area contributed by atoms with Crippen LogP contribution < -0.4 is 5.73 Å². The third-order valence-electron chi connectivity index (χ3n) is 5.95. The molecule has 0 heterocycles. The van der Waals surface area contributed by atoms with Gasteiger partial charge in [-0.1, -0.05) is 128 Å². The summed E-state index contributed by atoms with van der Waals surface area (Å²) in [6, 6.07) is 0.452. The van der Waals surface area contributed by atoms with Crippen molar-refractivity contribution in [3.8, 4) is 0 Å². The molecule has 2 N–H and O–H groups in total. The molecule has 0 aliphatic heterocycles. The van der Waals surface area contributed by atoms with Gasteiger partial charge >= 0.3 is 0 Å². The van der Waals surface area contributed by atoms with Crippen LogP contribution in [0.15, 0.2) is 24.3 Å². The van der Waals surface area contributed by atoms with Crippen LogP contribution >= 0.6 is 0 Å². The second kappa shape index (κ2) is 25.5. The van der Waals surface area contributed by atoms with E-state index in [2.05, 4.69) is 38.2 Å². The van der Waals surface area contributed by atoms with E-state index in [-0.39, 0.29) is 0 Å². The Kier molecular flexibility index (Phi) is 25.0. The molecule has 0 radical (unpaired) electrons. The van der Waals surface area contributed by atoms with E-state index in [0.29, 0.717) is 6.04 Å². The van der Waals surface area contributed by atoms with Gasteiger partial charge in [0.1, 0.15) is 0 Å². The van der Waals surface area contributed by atoms with E-state index in [9.17, 15) is 0 Å². The predicted molar refractivity (Wildman–Crippen MR) is 135 cm³/mol. The molecule has 0 amide bonds. The van der Waals surface area contributed by atoms with Gasteiger partial charge in [0.2, 0.25) is 0 Å². The molecular weight excluding hydrogens is 350 g/mol. The van der Waals surface area contributed by atoms with E-state index in [0.717, 1.165) is 6.42 Å². The zero-order valence-electron chi connectivity index (χ0n) is 20.3. The van der Waals surface area contributed by atoms with Crippen molar-refractivity contribution in [2.24, 2.45) is 5.73 Å². The molecule has 1 unspecified atom stereocenters. The summed E-state index contributed by atoms with van der Waals surface area (Å²) in [5.74, 6) is 0. The van der Waals surface area contributed by atoms with Crippen molar-refractivity contribution in [1.29, 1.82) is 0 Å². The van der Waals surface area contributed by atoms with E-state index in [1.807, 2.05) is 0 Å². The van der Waals surface area contributed by atoms with Gasteiger partial charge < -0.3 is 5.73 Å². The van der Waals surface area contributed by atoms with Crippen LogP contribution in [0.2, 0.25) is 0 Å². The third-order valence-corrected chi connectivity index (χ3v) is 5.95. The highest BCUT2D eigenvalue weighted by Gasteiger charge is 2.02. The fraction of sp³-hybridized carbons (Fsp3) is 0.857. The first-order chi connectivity index (χ1) is 14.3. The van der Waals surface area contributed by atoms with Gasteiger partial charge in [-0.2, -0.15) is 0 Å². The highest BCUT2D eigenvalue weighted by atomic mass is 14.6. The zero-order valence-corrected chi connectivity index (χ0v) is 20.3. The average molecular weight is 406 g/mol. The highest BCUT2D eigenvalue weighted by molar-refractivity contribution is 4.92. The minimum atomic E-state index is 0.452. The van der Waals surface area contributed by atoms with E-state index in [1.165, 1.54) is 128 Å². The lowest BCUT2D eigenvalue weighted by molar-refractivity contribution is 0.482. The summed E-state index contributed by atoms with van der Waals surface area (Å²) in [5.41, 5.74) is 6.29. The third kappa shape index (κ3) is 25.4. The smallest absolute Gasteiger partial charge is 0.00388 e. The number of nitrogens with two attached hydrogens (primary N) is 1. The first-order valence-corrected chi connectivity index (χ1v) is 13.4. The number of rotatable bonds is 23.